The van der Waals surface area contributed by atoms with Gasteiger partial charge in [0.2, 0.25) is 0 Å². The zero-order valence-corrected chi connectivity index (χ0v) is 10.4. The van der Waals surface area contributed by atoms with E-state index in [1.165, 1.54) is 0 Å². The van der Waals surface area contributed by atoms with E-state index in [-0.39, 0.29) is 18.6 Å². The average Bonchev–Trinajstić information content (AvgIpc) is 2.27. The van der Waals surface area contributed by atoms with Gasteiger partial charge in [0.25, 0.3) is 0 Å². The van der Waals surface area contributed by atoms with Gasteiger partial charge in [0.1, 0.15) is 0 Å². The molecular formula is C13H20O3. The van der Waals surface area contributed by atoms with Crippen molar-refractivity contribution in [2.75, 3.05) is 13.7 Å². The molecule has 0 aliphatic carbocycles. The van der Waals surface area contributed by atoms with E-state index >= 15 is 0 Å². The van der Waals surface area contributed by atoms with Crippen molar-refractivity contribution in [2.45, 2.75) is 32.8 Å². The first-order chi connectivity index (χ1) is 7.58. The molecule has 0 heterocycles. The van der Waals surface area contributed by atoms with Crippen LogP contribution in [0.1, 0.15) is 32.3 Å². The van der Waals surface area contributed by atoms with Gasteiger partial charge in [-0.2, -0.15) is 0 Å². The van der Waals surface area contributed by atoms with Crippen molar-refractivity contribution >= 4 is 0 Å². The smallest absolute Gasteiger partial charge is 0.161 e. The zero-order chi connectivity index (χ0) is 12.1. The minimum atomic E-state index is 0.113. The molecule has 3 nitrogen and oxygen atoms in total. The molecule has 0 saturated heterocycles. The van der Waals surface area contributed by atoms with Crippen LogP contribution in [-0.4, -0.2) is 24.9 Å². The first-order valence-electron chi connectivity index (χ1n) is 5.54. The van der Waals surface area contributed by atoms with Gasteiger partial charge in [-0.3, -0.25) is 0 Å². The minimum Gasteiger partial charge on any atom is -0.493 e. The van der Waals surface area contributed by atoms with Crippen molar-refractivity contribution < 1.29 is 14.6 Å². The Morgan fingerprint density at radius 2 is 1.88 bits per heavy atom. The van der Waals surface area contributed by atoms with Gasteiger partial charge in [-0.1, -0.05) is 13.0 Å². The highest BCUT2D eigenvalue weighted by Crippen LogP contribution is 2.31. The third-order valence-corrected chi connectivity index (χ3v) is 2.39. The maximum absolute atomic E-state index is 9.09. The molecule has 1 N–H and O–H groups in total. The van der Waals surface area contributed by atoms with Gasteiger partial charge in [0.15, 0.2) is 11.5 Å². The summed E-state index contributed by atoms with van der Waals surface area (Å²) in [5.41, 5.74) is 1.05. The summed E-state index contributed by atoms with van der Waals surface area (Å²) < 4.78 is 10.9. The molecule has 1 atom stereocenters. The molecule has 1 unspecified atom stereocenters. The lowest BCUT2D eigenvalue weighted by molar-refractivity contribution is 0.229. The van der Waals surface area contributed by atoms with Crippen LogP contribution in [0.3, 0.4) is 0 Å². The number of ether oxygens (including phenoxy) is 2. The average molecular weight is 224 g/mol. The van der Waals surface area contributed by atoms with Crippen LogP contribution in [-0.2, 0) is 0 Å². The van der Waals surface area contributed by atoms with Crippen LogP contribution in [0.5, 0.6) is 11.5 Å². The molecule has 1 aromatic carbocycles. The normalized spacial score (nSPS) is 12.6. The number of aliphatic hydroxyl groups excluding tert-OH is 1. The fraction of sp³-hybridized carbons (Fsp3) is 0.538. The first kappa shape index (κ1) is 12.8. The third kappa shape index (κ3) is 3.14. The monoisotopic (exact) mass is 224 g/mol. The molecule has 0 amide bonds. The topological polar surface area (TPSA) is 38.7 Å². The van der Waals surface area contributed by atoms with E-state index in [9.17, 15) is 0 Å². The molecule has 1 rings (SSSR count). The van der Waals surface area contributed by atoms with Gasteiger partial charge in [0.05, 0.1) is 13.2 Å². The Balaban J connectivity index is 2.97. The van der Waals surface area contributed by atoms with Crippen LogP contribution in [0.4, 0.5) is 0 Å². The Hall–Kier alpha value is -1.22. The number of aliphatic hydroxyl groups is 1. The van der Waals surface area contributed by atoms with Gasteiger partial charge < -0.3 is 14.6 Å². The predicted octanol–water partition coefficient (Wildman–Crippen LogP) is 2.58. The van der Waals surface area contributed by atoms with Crippen LogP contribution in [0.25, 0.3) is 0 Å². The van der Waals surface area contributed by atoms with E-state index in [0.717, 1.165) is 11.3 Å². The van der Waals surface area contributed by atoms with Gasteiger partial charge in [-0.25, -0.2) is 0 Å². The van der Waals surface area contributed by atoms with Crippen molar-refractivity contribution in [3.63, 3.8) is 0 Å². The van der Waals surface area contributed by atoms with Crippen molar-refractivity contribution in [3.05, 3.63) is 23.8 Å². The predicted molar refractivity (Wildman–Crippen MR) is 64.3 cm³/mol. The zero-order valence-electron chi connectivity index (χ0n) is 10.4. The number of methoxy groups -OCH3 is 1. The molecule has 0 saturated carbocycles. The van der Waals surface area contributed by atoms with Crippen LogP contribution in [0.2, 0.25) is 0 Å². The van der Waals surface area contributed by atoms with Crippen molar-refractivity contribution in [3.8, 4) is 11.5 Å². The molecule has 0 aliphatic rings. The van der Waals surface area contributed by atoms with E-state index in [4.69, 9.17) is 14.6 Å². The lowest BCUT2D eigenvalue weighted by Gasteiger charge is -2.16. The van der Waals surface area contributed by atoms with E-state index in [1.54, 1.807) is 7.11 Å². The Bertz CT molecular complexity index is 334. The summed E-state index contributed by atoms with van der Waals surface area (Å²) in [4.78, 5) is 0. The van der Waals surface area contributed by atoms with E-state index < -0.39 is 0 Å². The van der Waals surface area contributed by atoms with Crippen molar-refractivity contribution in [1.29, 1.82) is 0 Å². The Kier molecular flexibility index (Phi) is 4.62. The lowest BCUT2D eigenvalue weighted by Crippen LogP contribution is -2.07. The maximum Gasteiger partial charge on any atom is 0.161 e. The highest BCUT2D eigenvalue weighted by atomic mass is 16.5. The van der Waals surface area contributed by atoms with E-state index in [1.807, 2.05) is 39.0 Å². The van der Waals surface area contributed by atoms with Crippen LogP contribution >= 0.6 is 0 Å². The summed E-state index contributed by atoms with van der Waals surface area (Å²) in [5.74, 6) is 1.57. The van der Waals surface area contributed by atoms with E-state index in [0.29, 0.717) is 5.75 Å². The molecule has 1 aromatic rings. The van der Waals surface area contributed by atoms with Crippen LogP contribution < -0.4 is 9.47 Å². The molecule has 3 heteroatoms. The van der Waals surface area contributed by atoms with Gasteiger partial charge in [-0.05, 0) is 31.5 Å². The number of rotatable bonds is 5. The molecular weight excluding hydrogens is 204 g/mol. The lowest BCUT2D eigenvalue weighted by atomic mass is 10.0. The molecule has 0 aliphatic heterocycles. The summed E-state index contributed by atoms with van der Waals surface area (Å²) in [5, 5.41) is 9.09. The Morgan fingerprint density at radius 1 is 1.19 bits per heavy atom. The molecule has 0 aromatic heterocycles. The standard InChI is InChI=1S/C13H20O3/c1-9(2)16-12-6-5-11(10(3)8-14)7-13(12)15-4/h5-7,9-10,14H,8H2,1-4H3. The van der Waals surface area contributed by atoms with E-state index in [2.05, 4.69) is 0 Å². The molecule has 0 bridgehead atoms. The van der Waals surface area contributed by atoms with Crippen LogP contribution in [0, 0.1) is 0 Å². The molecule has 0 spiro atoms. The number of hydrogen-bond acceptors (Lipinski definition) is 3. The fourth-order valence-corrected chi connectivity index (χ4v) is 1.45. The molecule has 90 valence electrons. The second-order valence-electron chi connectivity index (χ2n) is 4.16. The van der Waals surface area contributed by atoms with Crippen molar-refractivity contribution in [2.24, 2.45) is 0 Å². The maximum atomic E-state index is 9.09. The Labute approximate surface area is 97.0 Å². The third-order valence-electron chi connectivity index (χ3n) is 2.39. The Morgan fingerprint density at radius 3 is 2.38 bits per heavy atom. The van der Waals surface area contributed by atoms with Gasteiger partial charge in [0, 0.05) is 12.5 Å². The van der Waals surface area contributed by atoms with Crippen molar-refractivity contribution in [1.82, 2.24) is 0 Å². The number of hydrogen-bond donors (Lipinski definition) is 1. The second-order valence-corrected chi connectivity index (χ2v) is 4.16. The first-order valence-corrected chi connectivity index (χ1v) is 5.54. The highest BCUT2D eigenvalue weighted by Gasteiger charge is 2.10. The summed E-state index contributed by atoms with van der Waals surface area (Å²) >= 11 is 0. The highest BCUT2D eigenvalue weighted by molar-refractivity contribution is 5.44. The largest absolute Gasteiger partial charge is 0.493 e. The molecule has 0 radical (unpaired) electrons. The summed E-state index contributed by atoms with van der Waals surface area (Å²) in [6.07, 6.45) is 0.120. The molecule has 0 fully saturated rings. The SMILES string of the molecule is COc1cc(C(C)CO)ccc1OC(C)C. The summed E-state index contributed by atoms with van der Waals surface area (Å²) in [6.45, 7) is 6.05. The summed E-state index contributed by atoms with van der Waals surface area (Å²) in [6, 6.07) is 5.76. The number of benzene rings is 1. The summed E-state index contributed by atoms with van der Waals surface area (Å²) in [7, 11) is 1.62. The van der Waals surface area contributed by atoms with Crippen LogP contribution in [0.15, 0.2) is 18.2 Å². The van der Waals surface area contributed by atoms with Gasteiger partial charge >= 0.3 is 0 Å². The van der Waals surface area contributed by atoms with Gasteiger partial charge in [-0.15, -0.1) is 0 Å². The second kappa shape index (κ2) is 5.75. The fourth-order valence-electron chi connectivity index (χ4n) is 1.45. The minimum absolute atomic E-state index is 0.113. The quantitative estimate of drug-likeness (QED) is 0.835. The molecule has 16 heavy (non-hydrogen) atoms.